The van der Waals surface area contributed by atoms with E-state index in [9.17, 15) is 0 Å². The molecule has 0 aliphatic rings. The fraction of sp³-hybridized carbons (Fsp3) is 0.0833. The molecule has 0 aliphatic heterocycles. The van der Waals surface area contributed by atoms with Gasteiger partial charge in [-0.25, -0.2) is 5.84 Å². The van der Waals surface area contributed by atoms with Crippen molar-refractivity contribution in [1.29, 1.82) is 0 Å². The number of benzene rings is 1. The first-order valence-corrected chi connectivity index (χ1v) is 6.60. The van der Waals surface area contributed by atoms with Crippen molar-refractivity contribution in [3.05, 3.63) is 40.5 Å². The molecule has 20 heavy (non-hydrogen) atoms. The van der Waals surface area contributed by atoms with Crippen LogP contribution in [0.15, 0.2) is 34.9 Å². The molecule has 0 aliphatic carbocycles. The minimum absolute atomic E-state index is 0.271. The number of H-pyrrole nitrogens is 1. The van der Waals surface area contributed by atoms with Gasteiger partial charge in [0.1, 0.15) is 12.0 Å². The molecule has 2 aromatic heterocycles. The lowest BCUT2D eigenvalue weighted by molar-refractivity contribution is 0.298. The Balaban J connectivity index is 1.86. The summed E-state index contributed by atoms with van der Waals surface area (Å²) in [6.45, 7) is 0.397. The van der Waals surface area contributed by atoms with E-state index in [1.165, 1.54) is 0 Å². The molecule has 3 aromatic rings. The standard InChI is InChI=1S/C12H11BrN6O/c13-8-3-1-7(2-4-8)6-20-11-9-5-15-19-10(9)16-12(17-11)18-14/h1-5H,6,14H2,(H2,15,16,17,18,19). The number of halogens is 1. The molecule has 2 heterocycles. The van der Waals surface area contributed by atoms with Crippen molar-refractivity contribution in [3.63, 3.8) is 0 Å². The second-order valence-electron chi connectivity index (χ2n) is 4.04. The molecule has 0 spiro atoms. The zero-order valence-corrected chi connectivity index (χ0v) is 11.9. The van der Waals surface area contributed by atoms with Gasteiger partial charge in [0, 0.05) is 4.47 Å². The van der Waals surface area contributed by atoms with Gasteiger partial charge in [0.25, 0.3) is 0 Å². The van der Waals surface area contributed by atoms with E-state index < -0.39 is 0 Å². The third kappa shape index (κ3) is 2.56. The molecule has 3 rings (SSSR count). The van der Waals surface area contributed by atoms with Crippen LogP contribution in [0.3, 0.4) is 0 Å². The zero-order chi connectivity index (χ0) is 13.9. The van der Waals surface area contributed by atoms with E-state index in [1.54, 1.807) is 6.20 Å². The third-order valence-electron chi connectivity index (χ3n) is 2.69. The van der Waals surface area contributed by atoms with Gasteiger partial charge in [0.15, 0.2) is 5.65 Å². The molecule has 0 unspecified atom stereocenters. The number of fused-ring (bicyclic) bond motifs is 1. The monoisotopic (exact) mass is 334 g/mol. The highest BCUT2D eigenvalue weighted by atomic mass is 79.9. The normalized spacial score (nSPS) is 10.7. The number of nitrogens with two attached hydrogens (primary N) is 1. The number of aromatic nitrogens is 4. The summed E-state index contributed by atoms with van der Waals surface area (Å²) in [5.74, 6) is 6.03. The largest absolute Gasteiger partial charge is 0.472 e. The average Bonchev–Trinajstić information content (AvgIpc) is 2.94. The smallest absolute Gasteiger partial charge is 0.242 e. The highest BCUT2D eigenvalue weighted by molar-refractivity contribution is 9.10. The second-order valence-corrected chi connectivity index (χ2v) is 4.96. The van der Waals surface area contributed by atoms with Crippen LogP contribution >= 0.6 is 15.9 Å². The molecule has 0 saturated heterocycles. The van der Waals surface area contributed by atoms with E-state index in [0.29, 0.717) is 23.5 Å². The second kappa shape index (κ2) is 5.43. The van der Waals surface area contributed by atoms with Crippen molar-refractivity contribution in [2.24, 2.45) is 5.84 Å². The quantitative estimate of drug-likeness (QED) is 0.498. The lowest BCUT2D eigenvalue weighted by Gasteiger charge is -2.07. The summed E-state index contributed by atoms with van der Waals surface area (Å²) in [6, 6.07) is 7.86. The van der Waals surface area contributed by atoms with Gasteiger partial charge < -0.3 is 4.74 Å². The fourth-order valence-electron chi connectivity index (χ4n) is 1.72. The van der Waals surface area contributed by atoms with Gasteiger partial charge in [0.2, 0.25) is 11.8 Å². The number of nitrogens with one attached hydrogen (secondary N) is 2. The highest BCUT2D eigenvalue weighted by Gasteiger charge is 2.10. The van der Waals surface area contributed by atoms with Gasteiger partial charge in [0.05, 0.1) is 6.20 Å². The van der Waals surface area contributed by atoms with Crippen molar-refractivity contribution in [3.8, 4) is 5.88 Å². The first-order chi connectivity index (χ1) is 9.76. The van der Waals surface area contributed by atoms with Crippen LogP contribution in [0.5, 0.6) is 5.88 Å². The summed E-state index contributed by atoms with van der Waals surface area (Å²) in [4.78, 5) is 8.32. The maximum Gasteiger partial charge on any atom is 0.242 e. The van der Waals surface area contributed by atoms with Crippen molar-refractivity contribution in [1.82, 2.24) is 20.2 Å². The number of hydrogen-bond acceptors (Lipinski definition) is 6. The summed E-state index contributed by atoms with van der Waals surface area (Å²) in [7, 11) is 0. The molecule has 0 amide bonds. The summed E-state index contributed by atoms with van der Waals surface area (Å²) < 4.78 is 6.75. The maximum absolute atomic E-state index is 5.72. The van der Waals surface area contributed by atoms with Crippen molar-refractivity contribution >= 4 is 32.9 Å². The summed E-state index contributed by atoms with van der Waals surface area (Å²) in [5.41, 5.74) is 4.00. The molecule has 8 heteroatoms. The molecule has 102 valence electrons. The number of anilines is 1. The van der Waals surface area contributed by atoms with E-state index in [2.05, 4.69) is 41.5 Å². The van der Waals surface area contributed by atoms with E-state index >= 15 is 0 Å². The lowest BCUT2D eigenvalue weighted by atomic mass is 10.2. The van der Waals surface area contributed by atoms with E-state index in [-0.39, 0.29) is 5.95 Å². The maximum atomic E-state index is 5.72. The molecule has 4 N–H and O–H groups in total. The van der Waals surface area contributed by atoms with Gasteiger partial charge in [-0.3, -0.25) is 10.5 Å². The number of nitrogen functional groups attached to an aromatic ring is 1. The number of hydrogen-bond donors (Lipinski definition) is 3. The molecule has 0 atom stereocenters. The number of nitrogens with zero attached hydrogens (tertiary/aromatic N) is 3. The molecule has 7 nitrogen and oxygen atoms in total. The summed E-state index contributed by atoms with van der Waals surface area (Å²) in [6.07, 6.45) is 1.62. The molecule has 0 bridgehead atoms. The Bertz CT molecular complexity index is 726. The molecular weight excluding hydrogens is 324 g/mol. The molecular formula is C12H11BrN6O. The van der Waals surface area contributed by atoms with Crippen molar-refractivity contribution < 1.29 is 4.74 Å². The van der Waals surface area contributed by atoms with Gasteiger partial charge in [-0.1, -0.05) is 28.1 Å². The van der Waals surface area contributed by atoms with Gasteiger partial charge >= 0.3 is 0 Å². The summed E-state index contributed by atoms with van der Waals surface area (Å²) in [5, 5.41) is 7.39. The lowest BCUT2D eigenvalue weighted by Crippen LogP contribution is -2.11. The molecule has 0 radical (unpaired) electrons. The van der Waals surface area contributed by atoms with Crippen LogP contribution in [-0.2, 0) is 6.61 Å². The Kier molecular flexibility index (Phi) is 3.48. The van der Waals surface area contributed by atoms with Gasteiger partial charge in [-0.05, 0) is 17.7 Å². The first-order valence-electron chi connectivity index (χ1n) is 5.81. The minimum Gasteiger partial charge on any atom is -0.472 e. The Morgan fingerprint density at radius 3 is 2.80 bits per heavy atom. The summed E-state index contributed by atoms with van der Waals surface area (Å²) >= 11 is 3.39. The van der Waals surface area contributed by atoms with Gasteiger partial charge in [-0.15, -0.1) is 0 Å². The van der Waals surface area contributed by atoms with Crippen LogP contribution in [0.4, 0.5) is 5.95 Å². The SMILES string of the molecule is NNc1nc(OCc2ccc(Br)cc2)c2cn[nH]c2n1. The number of ether oxygens (including phenoxy) is 1. The van der Waals surface area contributed by atoms with Crippen molar-refractivity contribution in [2.45, 2.75) is 6.61 Å². The number of hydrazine groups is 1. The molecule has 0 saturated carbocycles. The third-order valence-corrected chi connectivity index (χ3v) is 3.22. The van der Waals surface area contributed by atoms with E-state index in [4.69, 9.17) is 10.6 Å². The average molecular weight is 335 g/mol. The van der Waals surface area contributed by atoms with E-state index in [1.807, 2.05) is 24.3 Å². The highest BCUT2D eigenvalue weighted by Crippen LogP contribution is 2.23. The fourth-order valence-corrected chi connectivity index (χ4v) is 1.98. The van der Waals surface area contributed by atoms with Crippen LogP contribution < -0.4 is 16.0 Å². The van der Waals surface area contributed by atoms with Crippen LogP contribution in [-0.4, -0.2) is 20.2 Å². The topological polar surface area (TPSA) is 102 Å². The molecule has 1 aromatic carbocycles. The van der Waals surface area contributed by atoms with Crippen LogP contribution in [0.25, 0.3) is 11.0 Å². The zero-order valence-electron chi connectivity index (χ0n) is 10.3. The Labute approximate surface area is 122 Å². The molecule has 0 fully saturated rings. The number of rotatable bonds is 4. The minimum atomic E-state index is 0.271. The van der Waals surface area contributed by atoms with Crippen LogP contribution in [0, 0.1) is 0 Å². The predicted molar refractivity (Wildman–Crippen MR) is 78.0 cm³/mol. The van der Waals surface area contributed by atoms with E-state index in [0.717, 1.165) is 10.0 Å². The number of aromatic amines is 1. The van der Waals surface area contributed by atoms with Crippen LogP contribution in [0.1, 0.15) is 5.56 Å². The van der Waals surface area contributed by atoms with Crippen molar-refractivity contribution in [2.75, 3.05) is 5.43 Å². The Hall–Kier alpha value is -2.19. The Morgan fingerprint density at radius 1 is 1.25 bits per heavy atom. The first kappa shape index (κ1) is 12.8. The predicted octanol–water partition coefficient (Wildman–Crippen LogP) is 1.98. The van der Waals surface area contributed by atoms with Crippen LogP contribution in [0.2, 0.25) is 0 Å². The Morgan fingerprint density at radius 2 is 2.05 bits per heavy atom. The van der Waals surface area contributed by atoms with Gasteiger partial charge in [-0.2, -0.15) is 15.1 Å².